The second kappa shape index (κ2) is 8.23. The summed E-state index contributed by atoms with van der Waals surface area (Å²) in [6.45, 7) is 0.662. The van der Waals surface area contributed by atoms with Gasteiger partial charge >= 0.3 is 5.97 Å². The zero-order valence-electron chi connectivity index (χ0n) is 11.1. The Balaban J connectivity index is 2.20. The molecule has 0 atom stereocenters. The van der Waals surface area contributed by atoms with Crippen molar-refractivity contribution in [3.8, 4) is 0 Å². The van der Waals surface area contributed by atoms with Crippen LogP contribution in [-0.2, 0) is 22.6 Å². The topological polar surface area (TPSA) is 97.1 Å². The van der Waals surface area contributed by atoms with Crippen LogP contribution in [0.5, 0.6) is 0 Å². The average Bonchev–Trinajstić information content (AvgIpc) is 2.82. The Morgan fingerprint density at radius 1 is 1.32 bits per heavy atom. The standard InChI is InChI=1S/C12H20N4O3/c1-13-11(17)6-4-8-16-9-10(14-15-16)5-2-3-7-12(18)19/h9H,2-8H2,1H3,(H,13,17)(H,18,19). The van der Waals surface area contributed by atoms with Gasteiger partial charge in [-0.1, -0.05) is 5.21 Å². The lowest BCUT2D eigenvalue weighted by molar-refractivity contribution is -0.137. The quantitative estimate of drug-likeness (QED) is 0.639. The number of rotatable bonds is 9. The molecule has 7 heteroatoms. The molecule has 0 saturated heterocycles. The van der Waals surface area contributed by atoms with Gasteiger partial charge in [0.15, 0.2) is 0 Å². The first-order valence-corrected chi connectivity index (χ1v) is 6.43. The second-order valence-corrected chi connectivity index (χ2v) is 4.35. The van der Waals surface area contributed by atoms with Gasteiger partial charge in [0.2, 0.25) is 5.91 Å². The van der Waals surface area contributed by atoms with Gasteiger partial charge in [0.05, 0.1) is 5.69 Å². The molecule has 1 aromatic rings. The van der Waals surface area contributed by atoms with E-state index in [0.717, 1.165) is 25.0 Å². The van der Waals surface area contributed by atoms with Crippen LogP contribution in [0.4, 0.5) is 0 Å². The van der Waals surface area contributed by atoms with Gasteiger partial charge in [0.1, 0.15) is 0 Å². The molecule has 0 radical (unpaired) electrons. The van der Waals surface area contributed by atoms with Crippen LogP contribution >= 0.6 is 0 Å². The highest BCUT2D eigenvalue weighted by Gasteiger charge is 2.03. The van der Waals surface area contributed by atoms with Gasteiger partial charge < -0.3 is 10.4 Å². The van der Waals surface area contributed by atoms with Crippen molar-refractivity contribution in [3.05, 3.63) is 11.9 Å². The molecular formula is C12H20N4O3. The normalized spacial score (nSPS) is 10.4. The number of hydrogen-bond acceptors (Lipinski definition) is 4. The Morgan fingerprint density at radius 3 is 2.79 bits per heavy atom. The third-order valence-electron chi connectivity index (χ3n) is 2.73. The fraction of sp³-hybridized carbons (Fsp3) is 0.667. The van der Waals surface area contributed by atoms with Crippen molar-refractivity contribution in [2.45, 2.75) is 45.1 Å². The monoisotopic (exact) mass is 268 g/mol. The van der Waals surface area contributed by atoms with Gasteiger partial charge in [-0.3, -0.25) is 14.3 Å². The molecule has 0 bridgehead atoms. The first kappa shape index (κ1) is 15.1. The van der Waals surface area contributed by atoms with E-state index in [-0.39, 0.29) is 12.3 Å². The molecule has 0 aliphatic rings. The zero-order valence-corrected chi connectivity index (χ0v) is 11.1. The summed E-state index contributed by atoms with van der Waals surface area (Å²) in [4.78, 5) is 21.4. The fourth-order valence-corrected chi connectivity index (χ4v) is 1.67. The largest absolute Gasteiger partial charge is 0.481 e. The van der Waals surface area contributed by atoms with Crippen molar-refractivity contribution in [3.63, 3.8) is 0 Å². The van der Waals surface area contributed by atoms with E-state index in [1.807, 2.05) is 6.20 Å². The molecule has 0 aromatic carbocycles. The Labute approximate surface area is 112 Å². The van der Waals surface area contributed by atoms with Crippen molar-refractivity contribution in [1.29, 1.82) is 0 Å². The summed E-state index contributed by atoms with van der Waals surface area (Å²) in [6, 6.07) is 0. The van der Waals surface area contributed by atoms with E-state index in [0.29, 0.717) is 19.4 Å². The summed E-state index contributed by atoms with van der Waals surface area (Å²) in [7, 11) is 1.62. The predicted molar refractivity (Wildman–Crippen MR) is 68.5 cm³/mol. The van der Waals surface area contributed by atoms with E-state index in [4.69, 9.17) is 5.11 Å². The molecule has 0 unspecified atom stereocenters. The molecule has 1 rings (SSSR count). The molecule has 0 fully saturated rings. The van der Waals surface area contributed by atoms with Crippen molar-refractivity contribution < 1.29 is 14.7 Å². The van der Waals surface area contributed by atoms with Crippen LogP contribution in [0.2, 0.25) is 0 Å². The molecule has 1 heterocycles. The first-order chi connectivity index (χ1) is 9.11. The van der Waals surface area contributed by atoms with Gasteiger partial charge in [0.25, 0.3) is 0 Å². The van der Waals surface area contributed by atoms with E-state index < -0.39 is 5.97 Å². The van der Waals surface area contributed by atoms with E-state index in [1.54, 1.807) is 11.7 Å². The number of nitrogens with zero attached hydrogens (tertiary/aromatic N) is 3. The molecule has 2 N–H and O–H groups in total. The average molecular weight is 268 g/mol. The highest BCUT2D eigenvalue weighted by molar-refractivity contribution is 5.75. The number of aromatic nitrogens is 3. The molecule has 1 aromatic heterocycles. The molecule has 0 saturated carbocycles. The maximum atomic E-state index is 11.0. The number of carboxylic acid groups (broad SMARTS) is 1. The van der Waals surface area contributed by atoms with Gasteiger partial charge in [-0.25, -0.2) is 0 Å². The SMILES string of the molecule is CNC(=O)CCCn1cc(CCCCC(=O)O)nn1. The number of aryl methyl sites for hydroxylation is 2. The fourth-order valence-electron chi connectivity index (χ4n) is 1.67. The third kappa shape index (κ3) is 6.54. The van der Waals surface area contributed by atoms with E-state index in [9.17, 15) is 9.59 Å². The first-order valence-electron chi connectivity index (χ1n) is 6.43. The summed E-state index contributed by atoms with van der Waals surface area (Å²) >= 11 is 0. The minimum absolute atomic E-state index is 0.0222. The summed E-state index contributed by atoms with van der Waals surface area (Å²) in [5.41, 5.74) is 0.866. The van der Waals surface area contributed by atoms with Gasteiger partial charge in [0, 0.05) is 32.6 Å². The molecular weight excluding hydrogens is 248 g/mol. The lowest BCUT2D eigenvalue weighted by Gasteiger charge is -1.99. The molecule has 1 amide bonds. The second-order valence-electron chi connectivity index (χ2n) is 4.35. The molecule has 0 aliphatic heterocycles. The number of carboxylic acids is 1. The Morgan fingerprint density at radius 2 is 2.11 bits per heavy atom. The molecule has 0 aliphatic carbocycles. The minimum atomic E-state index is -0.766. The maximum Gasteiger partial charge on any atom is 0.303 e. The Hall–Kier alpha value is -1.92. The molecule has 0 spiro atoms. The highest BCUT2D eigenvalue weighted by Crippen LogP contribution is 2.04. The number of nitrogens with one attached hydrogen (secondary N) is 1. The molecule has 106 valence electrons. The lowest BCUT2D eigenvalue weighted by atomic mass is 10.1. The Kier molecular flexibility index (Phi) is 6.56. The van der Waals surface area contributed by atoms with Crippen LogP contribution in [-0.4, -0.2) is 39.0 Å². The van der Waals surface area contributed by atoms with E-state index >= 15 is 0 Å². The van der Waals surface area contributed by atoms with Crippen LogP contribution in [0.3, 0.4) is 0 Å². The number of carbonyl (C=O) groups is 2. The van der Waals surface area contributed by atoms with Crippen LogP contribution in [0.1, 0.15) is 37.8 Å². The highest BCUT2D eigenvalue weighted by atomic mass is 16.4. The number of aliphatic carboxylic acids is 1. The van der Waals surface area contributed by atoms with Crippen molar-refractivity contribution in [2.75, 3.05) is 7.05 Å². The Bertz CT molecular complexity index is 417. The summed E-state index contributed by atoms with van der Waals surface area (Å²) < 4.78 is 1.72. The van der Waals surface area contributed by atoms with Gasteiger partial charge in [-0.05, 0) is 25.7 Å². The number of amides is 1. The summed E-state index contributed by atoms with van der Waals surface area (Å²) in [6.07, 6.45) is 5.43. The summed E-state index contributed by atoms with van der Waals surface area (Å²) in [5, 5.41) is 19.1. The number of unbranched alkanes of at least 4 members (excludes halogenated alkanes) is 1. The van der Waals surface area contributed by atoms with Gasteiger partial charge in [-0.2, -0.15) is 0 Å². The number of carbonyl (C=O) groups excluding carboxylic acids is 1. The smallest absolute Gasteiger partial charge is 0.303 e. The van der Waals surface area contributed by atoms with Crippen molar-refractivity contribution in [2.24, 2.45) is 0 Å². The maximum absolute atomic E-state index is 11.0. The minimum Gasteiger partial charge on any atom is -0.481 e. The van der Waals surface area contributed by atoms with E-state index in [2.05, 4.69) is 15.6 Å². The molecule has 7 nitrogen and oxygen atoms in total. The van der Waals surface area contributed by atoms with Crippen LogP contribution in [0.25, 0.3) is 0 Å². The van der Waals surface area contributed by atoms with Crippen molar-refractivity contribution in [1.82, 2.24) is 20.3 Å². The lowest BCUT2D eigenvalue weighted by Crippen LogP contribution is -2.17. The number of hydrogen-bond donors (Lipinski definition) is 2. The summed E-state index contributed by atoms with van der Waals surface area (Å²) in [5.74, 6) is -0.744. The van der Waals surface area contributed by atoms with Crippen LogP contribution in [0, 0.1) is 0 Å². The van der Waals surface area contributed by atoms with Gasteiger partial charge in [-0.15, -0.1) is 5.10 Å². The van der Waals surface area contributed by atoms with E-state index in [1.165, 1.54) is 0 Å². The van der Waals surface area contributed by atoms with Crippen LogP contribution in [0.15, 0.2) is 6.20 Å². The third-order valence-corrected chi connectivity index (χ3v) is 2.73. The predicted octanol–water partition coefficient (Wildman–Crippen LogP) is 0.602. The zero-order chi connectivity index (χ0) is 14.1. The van der Waals surface area contributed by atoms with Crippen molar-refractivity contribution >= 4 is 11.9 Å². The van der Waals surface area contributed by atoms with Crippen LogP contribution < -0.4 is 5.32 Å². The molecule has 19 heavy (non-hydrogen) atoms.